The lowest BCUT2D eigenvalue weighted by molar-refractivity contribution is -0.112. The average Bonchev–Trinajstić information content (AvgIpc) is 2.78. The molecule has 0 radical (unpaired) electrons. The van der Waals surface area contributed by atoms with Crippen molar-refractivity contribution in [3.8, 4) is 17.6 Å². The lowest BCUT2D eigenvalue weighted by Gasteiger charge is -2.13. The van der Waals surface area contributed by atoms with Crippen LogP contribution in [0.5, 0.6) is 11.5 Å². The zero-order valence-electron chi connectivity index (χ0n) is 17.5. The molecule has 3 aromatic rings. The molecule has 0 saturated carbocycles. The smallest absolute Gasteiger partial charge is 0.266 e. The van der Waals surface area contributed by atoms with E-state index in [-0.39, 0.29) is 5.57 Å². The lowest BCUT2D eigenvalue weighted by atomic mass is 10.1. The molecule has 162 valence electrons. The second kappa shape index (κ2) is 10.9. The van der Waals surface area contributed by atoms with Crippen LogP contribution in [0.2, 0.25) is 5.02 Å². The topological polar surface area (TPSA) is 71.3 Å². The van der Waals surface area contributed by atoms with Crippen molar-refractivity contribution < 1.29 is 14.3 Å². The molecule has 0 heterocycles. The number of nitrogens with zero attached hydrogens (tertiary/aromatic N) is 1. The Kier molecular flexibility index (Phi) is 7.93. The summed E-state index contributed by atoms with van der Waals surface area (Å²) in [5.74, 6) is 0.506. The molecule has 0 bridgehead atoms. The third-order valence-electron chi connectivity index (χ3n) is 4.53. The molecule has 0 atom stereocenters. The van der Waals surface area contributed by atoms with E-state index < -0.39 is 5.91 Å². The number of methoxy groups -OCH3 is 1. The molecule has 0 aliphatic carbocycles. The number of hydrogen-bond donors (Lipinski definition) is 1. The molecule has 0 unspecified atom stereocenters. The maximum atomic E-state index is 12.6. The number of halogens is 2. The number of hydrogen-bond acceptors (Lipinski definition) is 4. The first-order chi connectivity index (χ1) is 15.4. The standard InChI is InChI=1S/C25H20BrClN2O3/c1-16-4-3-5-21(10-16)29-25(30)19(14-28)11-18-12-23(31-2)24(13-22(18)26)32-15-17-6-8-20(27)9-7-17/h3-13H,15H2,1-2H3,(H,29,30)/b19-11-. The van der Waals surface area contributed by atoms with E-state index in [1.165, 1.54) is 13.2 Å². The summed E-state index contributed by atoms with van der Waals surface area (Å²) in [5, 5.41) is 12.9. The highest BCUT2D eigenvalue weighted by molar-refractivity contribution is 9.10. The fourth-order valence-electron chi connectivity index (χ4n) is 2.90. The number of nitriles is 1. The molecule has 5 nitrogen and oxygen atoms in total. The normalized spacial score (nSPS) is 10.9. The van der Waals surface area contributed by atoms with Gasteiger partial charge in [-0.2, -0.15) is 5.26 Å². The number of ether oxygens (including phenoxy) is 2. The highest BCUT2D eigenvalue weighted by Crippen LogP contribution is 2.35. The summed E-state index contributed by atoms with van der Waals surface area (Å²) in [4.78, 5) is 12.6. The van der Waals surface area contributed by atoms with Crippen molar-refractivity contribution in [2.45, 2.75) is 13.5 Å². The van der Waals surface area contributed by atoms with Crippen LogP contribution in [0.3, 0.4) is 0 Å². The summed E-state index contributed by atoms with van der Waals surface area (Å²) in [7, 11) is 1.53. The van der Waals surface area contributed by atoms with Gasteiger partial charge in [0.05, 0.1) is 7.11 Å². The molecule has 0 aromatic heterocycles. The number of nitrogens with one attached hydrogen (secondary N) is 1. The Balaban J connectivity index is 1.81. The molecule has 0 aliphatic rings. The van der Waals surface area contributed by atoms with Crippen LogP contribution in [0.4, 0.5) is 5.69 Å². The molecule has 0 fully saturated rings. The second-order valence-electron chi connectivity index (χ2n) is 6.93. The summed E-state index contributed by atoms with van der Waals surface area (Å²) in [5.41, 5.74) is 3.16. The first-order valence-corrected chi connectivity index (χ1v) is 10.8. The van der Waals surface area contributed by atoms with Crippen molar-refractivity contribution in [2.24, 2.45) is 0 Å². The van der Waals surface area contributed by atoms with E-state index in [1.54, 1.807) is 30.3 Å². The maximum absolute atomic E-state index is 12.6. The monoisotopic (exact) mass is 510 g/mol. The van der Waals surface area contributed by atoms with E-state index in [0.29, 0.717) is 38.9 Å². The Morgan fingerprint density at radius 3 is 2.56 bits per heavy atom. The van der Waals surface area contributed by atoms with Gasteiger partial charge in [0.25, 0.3) is 5.91 Å². The van der Waals surface area contributed by atoms with Crippen molar-refractivity contribution >= 4 is 45.2 Å². The molecule has 3 rings (SSSR count). The van der Waals surface area contributed by atoms with Crippen molar-refractivity contribution in [1.29, 1.82) is 5.26 Å². The van der Waals surface area contributed by atoms with Crippen molar-refractivity contribution in [1.82, 2.24) is 0 Å². The minimum atomic E-state index is -0.493. The first kappa shape index (κ1) is 23.4. The first-order valence-electron chi connectivity index (χ1n) is 9.64. The van der Waals surface area contributed by atoms with Crippen LogP contribution in [0.25, 0.3) is 6.08 Å². The van der Waals surface area contributed by atoms with Gasteiger partial charge in [0.2, 0.25) is 0 Å². The lowest BCUT2D eigenvalue weighted by Crippen LogP contribution is -2.13. The molecule has 0 spiro atoms. The van der Waals surface area contributed by atoms with E-state index in [0.717, 1.165) is 11.1 Å². The van der Waals surface area contributed by atoms with E-state index in [2.05, 4.69) is 21.2 Å². The minimum absolute atomic E-state index is 0.0379. The summed E-state index contributed by atoms with van der Waals surface area (Å²) in [6.07, 6.45) is 1.50. The molecule has 32 heavy (non-hydrogen) atoms. The third kappa shape index (κ3) is 6.13. The third-order valence-corrected chi connectivity index (χ3v) is 5.47. The fraction of sp³-hybridized carbons (Fsp3) is 0.120. The molecule has 1 N–H and O–H groups in total. The van der Waals surface area contributed by atoms with Crippen LogP contribution in [0, 0.1) is 18.3 Å². The SMILES string of the molecule is COc1cc(/C=C(/C#N)C(=O)Nc2cccc(C)c2)c(Br)cc1OCc1ccc(Cl)cc1. The van der Waals surface area contributed by atoms with E-state index >= 15 is 0 Å². The summed E-state index contributed by atoms with van der Waals surface area (Å²) in [6.45, 7) is 2.26. The van der Waals surface area contributed by atoms with Crippen molar-refractivity contribution in [3.63, 3.8) is 0 Å². The Morgan fingerprint density at radius 2 is 1.91 bits per heavy atom. The van der Waals surface area contributed by atoms with Crippen LogP contribution in [0.1, 0.15) is 16.7 Å². The van der Waals surface area contributed by atoms with Gasteiger partial charge in [-0.15, -0.1) is 0 Å². The maximum Gasteiger partial charge on any atom is 0.266 e. The molecule has 3 aromatic carbocycles. The van der Waals surface area contributed by atoms with Crippen LogP contribution in [0.15, 0.2) is 70.7 Å². The number of carbonyl (C=O) groups is 1. The van der Waals surface area contributed by atoms with Gasteiger partial charge in [0.1, 0.15) is 18.2 Å². The predicted octanol–water partition coefficient (Wildman–Crippen LogP) is 6.54. The Bertz CT molecular complexity index is 1200. The average molecular weight is 512 g/mol. The highest BCUT2D eigenvalue weighted by Gasteiger charge is 2.14. The quantitative estimate of drug-likeness (QED) is 0.289. The molecular weight excluding hydrogens is 492 g/mol. The molecule has 1 amide bonds. The van der Waals surface area contributed by atoms with Crippen LogP contribution in [-0.4, -0.2) is 13.0 Å². The van der Waals surface area contributed by atoms with E-state index in [1.807, 2.05) is 43.3 Å². The van der Waals surface area contributed by atoms with Gasteiger partial charge in [0, 0.05) is 15.2 Å². The highest BCUT2D eigenvalue weighted by atomic mass is 79.9. The molecule has 0 saturated heterocycles. The van der Waals surface area contributed by atoms with Crippen LogP contribution < -0.4 is 14.8 Å². The number of aryl methyl sites for hydroxylation is 1. The number of benzene rings is 3. The fourth-order valence-corrected chi connectivity index (χ4v) is 3.46. The van der Waals surface area contributed by atoms with Gasteiger partial charge in [-0.3, -0.25) is 4.79 Å². The van der Waals surface area contributed by atoms with Gasteiger partial charge < -0.3 is 14.8 Å². The number of amides is 1. The van der Waals surface area contributed by atoms with Gasteiger partial charge in [-0.1, -0.05) is 51.8 Å². The van der Waals surface area contributed by atoms with E-state index in [4.69, 9.17) is 21.1 Å². The second-order valence-corrected chi connectivity index (χ2v) is 8.22. The van der Waals surface area contributed by atoms with Gasteiger partial charge in [-0.25, -0.2) is 0 Å². The van der Waals surface area contributed by atoms with E-state index in [9.17, 15) is 10.1 Å². The summed E-state index contributed by atoms with van der Waals surface area (Å²) < 4.78 is 12.0. The van der Waals surface area contributed by atoms with Crippen LogP contribution >= 0.6 is 27.5 Å². The summed E-state index contributed by atoms with van der Waals surface area (Å²) in [6, 6.07) is 20.1. The molecule has 0 aliphatic heterocycles. The van der Waals surface area contributed by atoms with Gasteiger partial charge in [-0.05, 0) is 66.1 Å². The number of carbonyl (C=O) groups excluding carboxylic acids is 1. The van der Waals surface area contributed by atoms with Crippen LogP contribution in [-0.2, 0) is 11.4 Å². The van der Waals surface area contributed by atoms with Gasteiger partial charge in [0.15, 0.2) is 11.5 Å². The Morgan fingerprint density at radius 1 is 1.16 bits per heavy atom. The van der Waals surface area contributed by atoms with Crippen molar-refractivity contribution in [2.75, 3.05) is 12.4 Å². The van der Waals surface area contributed by atoms with Gasteiger partial charge >= 0.3 is 0 Å². The largest absolute Gasteiger partial charge is 0.493 e. The molecular formula is C25H20BrClN2O3. The Hall–Kier alpha value is -3.27. The molecule has 7 heteroatoms. The number of anilines is 1. The zero-order chi connectivity index (χ0) is 23.1. The Labute approximate surface area is 200 Å². The minimum Gasteiger partial charge on any atom is -0.493 e. The predicted molar refractivity (Wildman–Crippen MR) is 130 cm³/mol. The van der Waals surface area contributed by atoms with Crippen molar-refractivity contribution in [3.05, 3.63) is 92.4 Å². The number of rotatable bonds is 7. The zero-order valence-corrected chi connectivity index (χ0v) is 19.8. The summed E-state index contributed by atoms with van der Waals surface area (Å²) >= 11 is 9.41.